The minimum atomic E-state index is -0.944. The number of aryl methyl sites for hydroxylation is 3. The summed E-state index contributed by atoms with van der Waals surface area (Å²) in [6.07, 6.45) is 0.871. The maximum absolute atomic E-state index is 12.2. The average Bonchev–Trinajstić information content (AvgIpc) is 2.93. The smallest absolute Gasteiger partial charge is 0.225 e. The number of nitrogens with one attached hydrogen (secondary N) is 4. The topological polar surface area (TPSA) is 94.2 Å². The third-order valence-electron chi connectivity index (χ3n) is 5.24. The molecule has 1 aliphatic heterocycles. The number of fused-ring (bicyclic) bond motifs is 1. The first kappa shape index (κ1) is 20.3. The summed E-state index contributed by atoms with van der Waals surface area (Å²) in [4.78, 5) is 21.1. The summed E-state index contributed by atoms with van der Waals surface area (Å²) in [6.45, 7) is 6.12. The Hall–Kier alpha value is -2.42. The molecule has 2 heterocycles. The van der Waals surface area contributed by atoms with Crippen LogP contribution in [-0.4, -0.2) is 43.4 Å². The van der Waals surface area contributed by atoms with E-state index in [2.05, 4.69) is 50.4 Å². The zero-order chi connectivity index (χ0) is 20.6. The second-order valence-electron chi connectivity index (χ2n) is 6.93. The highest BCUT2D eigenvalue weighted by Crippen LogP contribution is 2.44. The zero-order valence-corrected chi connectivity index (χ0v) is 17.7. The molecular weight excluding hydrogens is 378 g/mol. The van der Waals surface area contributed by atoms with Gasteiger partial charge in [0.1, 0.15) is 23.1 Å². The zero-order valence-electron chi connectivity index (χ0n) is 16.9. The fourth-order valence-electron chi connectivity index (χ4n) is 3.95. The number of benzene rings is 1. The van der Waals surface area contributed by atoms with Crippen molar-refractivity contribution >= 4 is 35.3 Å². The van der Waals surface area contributed by atoms with Crippen molar-refractivity contribution in [2.75, 3.05) is 36.9 Å². The molecule has 8 nitrogen and oxygen atoms in total. The number of hydrogen-bond acceptors (Lipinski definition) is 8. The monoisotopic (exact) mass is 403 g/mol. The number of aromatic nitrogens is 2. The largest absolute Gasteiger partial charge is 0.357 e. The molecule has 0 saturated carbocycles. The number of likely N-dealkylation sites (N-methyl/N-ethyl adjacent to an activating group) is 2. The lowest BCUT2D eigenvalue weighted by Gasteiger charge is -2.35. The first-order chi connectivity index (χ1) is 13.3. The van der Waals surface area contributed by atoms with Crippen molar-refractivity contribution in [1.82, 2.24) is 20.6 Å². The molecule has 3 rings (SSSR count). The highest BCUT2D eigenvalue weighted by molar-refractivity contribution is 6.31. The Kier molecular flexibility index (Phi) is 5.47. The fraction of sp³-hybridized carbons (Fsp3) is 0.421. The van der Waals surface area contributed by atoms with Crippen LogP contribution in [0.15, 0.2) is 12.1 Å². The standard InChI is InChI=1S/C19H26ClN7O/c1-10-7-11(2)15(12(3)8-10)26-27-13(9-28)19(22-5,23-6)14-16(20)24-18(21-4)25-17(14)27/h7-9,13,22-23,26H,1-6H3,(H,21,24,25). The molecule has 150 valence electrons. The van der Waals surface area contributed by atoms with Gasteiger partial charge in [-0.1, -0.05) is 29.3 Å². The number of carbonyl (C=O) groups excluding carboxylic acids is 1. The number of aldehydes is 1. The van der Waals surface area contributed by atoms with E-state index in [0.29, 0.717) is 17.3 Å². The first-order valence-corrected chi connectivity index (χ1v) is 9.43. The van der Waals surface area contributed by atoms with Gasteiger partial charge in [0.05, 0.1) is 11.3 Å². The van der Waals surface area contributed by atoms with E-state index in [-0.39, 0.29) is 5.15 Å². The van der Waals surface area contributed by atoms with Gasteiger partial charge >= 0.3 is 0 Å². The maximum Gasteiger partial charge on any atom is 0.225 e. The van der Waals surface area contributed by atoms with Crippen molar-refractivity contribution in [3.8, 4) is 0 Å². The molecule has 0 bridgehead atoms. The lowest BCUT2D eigenvalue weighted by molar-refractivity contribution is -0.110. The number of hydrazine groups is 1. The van der Waals surface area contributed by atoms with Crippen LogP contribution < -0.4 is 26.4 Å². The Morgan fingerprint density at radius 2 is 1.71 bits per heavy atom. The number of nitrogens with zero attached hydrogens (tertiary/aromatic N) is 3. The maximum atomic E-state index is 12.2. The number of anilines is 3. The van der Waals surface area contributed by atoms with E-state index in [9.17, 15) is 4.79 Å². The Morgan fingerprint density at radius 1 is 1.11 bits per heavy atom. The van der Waals surface area contributed by atoms with Gasteiger partial charge in [0.15, 0.2) is 5.82 Å². The minimum Gasteiger partial charge on any atom is -0.357 e. The molecule has 9 heteroatoms. The third kappa shape index (κ3) is 2.97. The van der Waals surface area contributed by atoms with Crippen molar-refractivity contribution in [2.45, 2.75) is 32.5 Å². The van der Waals surface area contributed by atoms with Crippen LogP contribution in [0.4, 0.5) is 17.5 Å². The SMILES string of the molecule is CNc1nc(Cl)c2c(n1)N(Nc1c(C)cc(C)cc1C)C(C=O)C2(NC)NC. The number of halogens is 1. The summed E-state index contributed by atoms with van der Waals surface area (Å²) in [5, 5.41) is 11.3. The Bertz CT molecular complexity index is 890. The summed E-state index contributed by atoms with van der Waals surface area (Å²) in [7, 11) is 5.26. The molecule has 0 radical (unpaired) electrons. The van der Waals surface area contributed by atoms with Crippen LogP contribution in [0, 0.1) is 20.8 Å². The molecule has 28 heavy (non-hydrogen) atoms. The predicted molar refractivity (Wildman–Crippen MR) is 113 cm³/mol. The first-order valence-electron chi connectivity index (χ1n) is 9.05. The summed E-state index contributed by atoms with van der Waals surface area (Å²) in [5.74, 6) is 0.907. The number of carbonyl (C=O) groups is 1. The minimum absolute atomic E-state index is 0.270. The molecule has 1 atom stereocenters. The van der Waals surface area contributed by atoms with E-state index in [0.717, 1.165) is 23.1 Å². The van der Waals surface area contributed by atoms with Gasteiger partial charge in [-0.2, -0.15) is 4.98 Å². The van der Waals surface area contributed by atoms with Gasteiger partial charge < -0.3 is 10.1 Å². The Balaban J connectivity index is 2.22. The van der Waals surface area contributed by atoms with Gasteiger partial charge in [0.2, 0.25) is 5.95 Å². The Morgan fingerprint density at radius 3 is 2.21 bits per heavy atom. The van der Waals surface area contributed by atoms with Crippen LogP contribution in [0.2, 0.25) is 5.15 Å². The van der Waals surface area contributed by atoms with Crippen LogP contribution in [-0.2, 0) is 10.5 Å². The quantitative estimate of drug-likeness (QED) is 0.331. The second kappa shape index (κ2) is 7.54. The van der Waals surface area contributed by atoms with Crippen LogP contribution in [0.25, 0.3) is 0 Å². The average molecular weight is 404 g/mol. The molecule has 2 aromatic rings. The molecule has 0 aliphatic carbocycles. The molecule has 1 aliphatic rings. The van der Waals surface area contributed by atoms with Crippen molar-refractivity contribution in [3.05, 3.63) is 39.5 Å². The van der Waals surface area contributed by atoms with E-state index >= 15 is 0 Å². The summed E-state index contributed by atoms with van der Waals surface area (Å²) in [6, 6.07) is 3.53. The Labute approximate surface area is 170 Å². The van der Waals surface area contributed by atoms with Crippen LogP contribution in [0.5, 0.6) is 0 Å². The molecular formula is C19H26ClN7O. The van der Waals surface area contributed by atoms with Crippen molar-refractivity contribution in [2.24, 2.45) is 0 Å². The van der Waals surface area contributed by atoms with E-state index in [1.807, 2.05) is 13.8 Å². The number of hydrogen-bond donors (Lipinski definition) is 4. The van der Waals surface area contributed by atoms with Gasteiger partial charge in [0, 0.05) is 7.05 Å². The van der Waals surface area contributed by atoms with E-state index < -0.39 is 11.7 Å². The molecule has 1 unspecified atom stereocenters. The van der Waals surface area contributed by atoms with Crippen LogP contribution in [0.1, 0.15) is 22.3 Å². The lowest BCUT2D eigenvalue weighted by Crippen LogP contribution is -2.62. The van der Waals surface area contributed by atoms with Gasteiger partial charge in [-0.15, -0.1) is 0 Å². The highest BCUT2D eigenvalue weighted by atomic mass is 35.5. The molecule has 0 saturated heterocycles. The highest BCUT2D eigenvalue weighted by Gasteiger charge is 2.53. The van der Waals surface area contributed by atoms with Crippen LogP contribution >= 0.6 is 11.6 Å². The molecule has 0 spiro atoms. The summed E-state index contributed by atoms with van der Waals surface area (Å²) >= 11 is 6.53. The second-order valence-corrected chi connectivity index (χ2v) is 7.29. The van der Waals surface area contributed by atoms with Gasteiger partial charge in [0.25, 0.3) is 0 Å². The third-order valence-corrected chi connectivity index (χ3v) is 5.51. The van der Waals surface area contributed by atoms with Gasteiger partial charge in [-0.3, -0.25) is 21.1 Å². The van der Waals surface area contributed by atoms with E-state index in [1.54, 1.807) is 26.2 Å². The van der Waals surface area contributed by atoms with E-state index in [4.69, 9.17) is 11.6 Å². The van der Waals surface area contributed by atoms with Crippen molar-refractivity contribution in [3.63, 3.8) is 0 Å². The summed E-state index contributed by atoms with van der Waals surface area (Å²) < 4.78 is 0. The van der Waals surface area contributed by atoms with Crippen LogP contribution in [0.3, 0.4) is 0 Å². The summed E-state index contributed by atoms with van der Waals surface area (Å²) in [5.41, 5.74) is 7.33. The predicted octanol–water partition coefficient (Wildman–Crippen LogP) is 2.10. The van der Waals surface area contributed by atoms with Gasteiger partial charge in [-0.05, 0) is 46.0 Å². The van der Waals surface area contributed by atoms with E-state index in [1.165, 1.54) is 5.56 Å². The molecule has 1 aromatic heterocycles. The fourth-order valence-corrected chi connectivity index (χ4v) is 4.27. The molecule has 0 amide bonds. The number of rotatable bonds is 6. The van der Waals surface area contributed by atoms with Gasteiger partial charge in [-0.25, -0.2) is 4.98 Å². The molecule has 0 fully saturated rings. The normalized spacial score (nSPS) is 17.4. The van der Waals surface area contributed by atoms with Crippen molar-refractivity contribution < 1.29 is 4.79 Å². The molecule has 4 N–H and O–H groups in total. The lowest BCUT2D eigenvalue weighted by atomic mass is 9.98. The van der Waals surface area contributed by atoms with Crippen molar-refractivity contribution in [1.29, 1.82) is 0 Å². The molecule has 1 aromatic carbocycles.